The van der Waals surface area contributed by atoms with Crippen molar-refractivity contribution in [2.45, 2.75) is 133 Å². The molecule has 6 heteroatoms. The second-order valence-electron chi connectivity index (χ2n) is 10.3. The molecule has 0 fully saturated rings. The summed E-state index contributed by atoms with van der Waals surface area (Å²) in [5.74, 6) is 0. The molecule has 0 rings (SSSR count). The zero-order valence-corrected chi connectivity index (χ0v) is 27.0. The minimum absolute atomic E-state index is 0. The number of quaternary nitrogens is 3. The Morgan fingerprint density at radius 1 is 0.306 bits per heavy atom. The molecule has 0 bridgehead atoms. The Bertz CT molecular complexity index is 267. The highest BCUT2D eigenvalue weighted by atomic mass is 16.0. The zero-order chi connectivity index (χ0) is 25.8. The van der Waals surface area contributed by atoms with E-state index in [0.29, 0.717) is 0 Å². The van der Waals surface area contributed by atoms with Crippen LogP contribution in [0.25, 0.3) is 0 Å². The summed E-state index contributed by atoms with van der Waals surface area (Å²) in [7, 11) is 0. The van der Waals surface area contributed by atoms with E-state index in [0.717, 1.165) is 0 Å². The summed E-state index contributed by atoms with van der Waals surface area (Å²) < 4.78 is 2.75. The third kappa shape index (κ3) is 28.3. The third-order valence-corrected chi connectivity index (χ3v) is 6.57. The lowest BCUT2D eigenvalue weighted by atomic mass is 10.2. The van der Waals surface area contributed by atoms with Crippen molar-refractivity contribution in [1.82, 2.24) is 0 Å². The van der Waals surface area contributed by atoms with E-state index in [1.165, 1.54) is 139 Å². The van der Waals surface area contributed by atoms with Gasteiger partial charge in [0.2, 0.25) is 0 Å². The Labute approximate surface area is 229 Å². The predicted molar refractivity (Wildman–Crippen MR) is 160 cm³/mol. The van der Waals surface area contributed by atoms with E-state index in [1.807, 2.05) is 0 Å². The standard InChI is InChI=1S/2C12H28N.C6H15N.3H2O/c2*1-5-9-13(10-6-2,11-7-3)12-8-4;1-3-5-7-6-4-2;;;/h2*5-12H2,1-4H3;7H,3-6H2,1-2H3;3*1H2/q2*+1;;;;/p-2. The molecule has 0 aromatic carbocycles. The summed E-state index contributed by atoms with van der Waals surface area (Å²) in [4.78, 5) is 0. The molecule has 36 heavy (non-hydrogen) atoms. The van der Waals surface area contributed by atoms with Crippen molar-refractivity contribution in [3.63, 3.8) is 0 Å². The summed E-state index contributed by atoms with van der Waals surface area (Å²) in [5.41, 5.74) is 0. The van der Waals surface area contributed by atoms with Crippen LogP contribution in [-0.2, 0) is 0 Å². The van der Waals surface area contributed by atoms with Gasteiger partial charge in [-0.1, -0.05) is 69.2 Å². The molecule has 0 aliphatic heterocycles. The van der Waals surface area contributed by atoms with Crippen molar-refractivity contribution in [2.75, 3.05) is 65.4 Å². The molecule has 0 saturated heterocycles. The Morgan fingerprint density at radius 3 is 0.583 bits per heavy atom. The van der Waals surface area contributed by atoms with Crippen molar-refractivity contribution in [2.24, 2.45) is 0 Å². The van der Waals surface area contributed by atoms with Crippen molar-refractivity contribution in [1.29, 1.82) is 0 Å². The van der Waals surface area contributed by atoms with Crippen LogP contribution in [0.2, 0.25) is 0 Å². The van der Waals surface area contributed by atoms with E-state index in [-0.39, 0.29) is 16.4 Å². The van der Waals surface area contributed by atoms with Gasteiger partial charge in [-0.2, -0.15) is 0 Å². The number of hydrogen-bond acceptors (Lipinski definition) is 3. The Hall–Kier alpha value is -0.240. The first-order valence-corrected chi connectivity index (χ1v) is 15.4. The molecule has 0 radical (unpaired) electrons. The van der Waals surface area contributed by atoms with E-state index in [9.17, 15) is 0 Å². The van der Waals surface area contributed by atoms with E-state index < -0.39 is 0 Å². The largest absolute Gasteiger partial charge is 0.870 e. The highest BCUT2D eigenvalue weighted by Gasteiger charge is 2.23. The molecule has 0 aromatic heterocycles. The molecule has 0 aromatic rings. The Morgan fingerprint density at radius 2 is 0.472 bits per heavy atom. The van der Waals surface area contributed by atoms with Gasteiger partial charge in [-0.15, -0.1) is 0 Å². The van der Waals surface area contributed by atoms with Crippen LogP contribution in [-0.4, -0.2) is 90.8 Å². The van der Waals surface area contributed by atoms with Crippen LogP contribution in [0.1, 0.15) is 133 Å². The molecule has 0 spiro atoms. The van der Waals surface area contributed by atoms with Gasteiger partial charge in [0, 0.05) is 0 Å². The smallest absolute Gasteiger partial charge is 0.0783 e. The lowest BCUT2D eigenvalue weighted by Crippen LogP contribution is -2.84. The van der Waals surface area contributed by atoms with Crippen LogP contribution in [0.15, 0.2) is 0 Å². The number of rotatable bonds is 20. The predicted octanol–water partition coefficient (Wildman–Crippen LogP) is 6.73. The fraction of sp³-hybridized carbons (Fsp3) is 1.00. The summed E-state index contributed by atoms with van der Waals surface area (Å²) in [6.45, 7) is 36.6. The second kappa shape index (κ2) is 36.9. The molecule has 0 amide bonds. The first-order chi connectivity index (χ1) is 15.9. The van der Waals surface area contributed by atoms with Gasteiger partial charge in [-0.3, -0.25) is 0 Å². The molecule has 0 aliphatic rings. The average molecular weight is 526 g/mol. The first-order valence-electron chi connectivity index (χ1n) is 15.4. The van der Waals surface area contributed by atoms with Gasteiger partial charge in [-0.05, 0) is 64.2 Å². The van der Waals surface area contributed by atoms with Crippen molar-refractivity contribution in [3.05, 3.63) is 0 Å². The van der Waals surface area contributed by atoms with Gasteiger partial charge in [0.05, 0.1) is 65.4 Å². The molecule has 6 nitrogen and oxygen atoms in total. The molecule has 0 atom stereocenters. The Kier molecular flexibility index (Phi) is 50.0. The van der Waals surface area contributed by atoms with Gasteiger partial charge < -0.3 is 30.7 Å². The maximum absolute atomic E-state index is 2.36. The van der Waals surface area contributed by atoms with Crippen molar-refractivity contribution < 1.29 is 30.7 Å². The summed E-state index contributed by atoms with van der Waals surface area (Å²) in [6.07, 6.45) is 13.3. The van der Waals surface area contributed by atoms with Gasteiger partial charge in [-0.25, -0.2) is 0 Å². The van der Waals surface area contributed by atoms with Crippen LogP contribution in [0, 0.1) is 0 Å². The van der Waals surface area contributed by atoms with Crippen molar-refractivity contribution >= 4 is 0 Å². The van der Waals surface area contributed by atoms with E-state index in [1.54, 1.807) is 0 Å². The minimum atomic E-state index is 0. The zero-order valence-electron chi connectivity index (χ0n) is 27.0. The lowest BCUT2D eigenvalue weighted by molar-refractivity contribution is -0.928. The lowest BCUT2D eigenvalue weighted by Gasteiger charge is -2.38. The van der Waals surface area contributed by atoms with E-state index >= 15 is 0 Å². The SMILES string of the molecule is CCC[N+](CCC)(CCC)CCC.CCC[N+](CCC)(CCC)CCC.CCC[NH2+]CCC.[OH-].[OH-].[OH-]. The molecular weight excluding hydrogens is 450 g/mol. The first kappa shape index (κ1) is 48.8. The average Bonchev–Trinajstić information content (AvgIpc) is 2.77. The van der Waals surface area contributed by atoms with Gasteiger partial charge in [0.15, 0.2) is 0 Å². The van der Waals surface area contributed by atoms with Gasteiger partial charge in [0.25, 0.3) is 0 Å². The van der Waals surface area contributed by atoms with Crippen LogP contribution >= 0.6 is 0 Å². The monoisotopic (exact) mass is 526 g/mol. The topological polar surface area (TPSA) is 107 Å². The minimum Gasteiger partial charge on any atom is -0.870 e. The maximum atomic E-state index is 2.36. The van der Waals surface area contributed by atoms with Crippen LogP contribution in [0.3, 0.4) is 0 Å². The number of hydrogen-bond donors (Lipinski definition) is 1. The van der Waals surface area contributed by atoms with Crippen molar-refractivity contribution in [3.8, 4) is 0 Å². The maximum Gasteiger partial charge on any atom is 0.0783 e. The van der Waals surface area contributed by atoms with Crippen LogP contribution in [0.4, 0.5) is 0 Å². The van der Waals surface area contributed by atoms with Gasteiger partial charge in [0.1, 0.15) is 0 Å². The molecule has 0 unspecified atom stereocenters. The molecule has 0 heterocycles. The molecular formula is C30H75N3O3. The highest BCUT2D eigenvalue weighted by Crippen LogP contribution is 2.13. The van der Waals surface area contributed by atoms with Gasteiger partial charge >= 0.3 is 0 Å². The molecule has 0 saturated carbocycles. The fourth-order valence-corrected chi connectivity index (χ4v) is 5.69. The second-order valence-corrected chi connectivity index (χ2v) is 10.3. The molecule has 5 N–H and O–H groups in total. The molecule has 0 aliphatic carbocycles. The van der Waals surface area contributed by atoms with E-state index in [4.69, 9.17) is 0 Å². The summed E-state index contributed by atoms with van der Waals surface area (Å²) in [6, 6.07) is 0. The summed E-state index contributed by atoms with van der Waals surface area (Å²) >= 11 is 0. The van der Waals surface area contributed by atoms with Crippen LogP contribution in [0.5, 0.6) is 0 Å². The fourth-order valence-electron chi connectivity index (χ4n) is 5.69. The van der Waals surface area contributed by atoms with Crippen LogP contribution < -0.4 is 5.32 Å². The quantitative estimate of drug-likeness (QED) is 0.141. The third-order valence-electron chi connectivity index (χ3n) is 6.57. The summed E-state index contributed by atoms with van der Waals surface area (Å²) in [5, 5.41) is 2.36. The van der Waals surface area contributed by atoms with E-state index in [2.05, 4.69) is 74.6 Å². The normalized spacial score (nSPS) is 10.5. The Balaban J connectivity index is -0.0000000938. The number of nitrogens with two attached hydrogens (primary N) is 1. The highest BCUT2D eigenvalue weighted by molar-refractivity contribution is 4.45. The number of nitrogens with zero attached hydrogens (tertiary/aromatic N) is 2. The molecule has 228 valence electrons.